The smallest absolute Gasteiger partial charge is 0.257 e. The first-order valence-electron chi connectivity index (χ1n) is 8.77. The minimum Gasteiger partial charge on any atom is -0.339 e. The summed E-state index contributed by atoms with van der Waals surface area (Å²) < 4.78 is 10.8. The molecular formula is C19H25N5O2. The molecule has 0 aliphatic carbocycles. The van der Waals surface area contributed by atoms with Gasteiger partial charge in [-0.1, -0.05) is 43.2 Å². The Labute approximate surface area is 153 Å². The minimum absolute atomic E-state index is 0.0935. The zero-order chi connectivity index (χ0) is 18.7. The number of hydrogen-bond donors (Lipinski definition) is 1. The second-order valence-corrected chi connectivity index (χ2v) is 7.74. The van der Waals surface area contributed by atoms with Crippen LogP contribution in [0.4, 0.5) is 0 Å². The SMILES string of the molecule is CNC(C)Cc1noc(-c2cccc(-c3noc(CC(C)(C)C)n3)c2)n1. The molecule has 3 rings (SSSR count). The number of aromatic nitrogens is 4. The van der Waals surface area contributed by atoms with Crippen LogP contribution in [0.1, 0.15) is 39.4 Å². The Morgan fingerprint density at radius 2 is 1.85 bits per heavy atom. The third-order valence-corrected chi connectivity index (χ3v) is 3.97. The molecule has 7 nitrogen and oxygen atoms in total. The van der Waals surface area contributed by atoms with E-state index >= 15 is 0 Å². The quantitative estimate of drug-likeness (QED) is 0.723. The van der Waals surface area contributed by atoms with Crippen molar-refractivity contribution in [3.05, 3.63) is 36.0 Å². The molecule has 1 unspecified atom stereocenters. The number of benzene rings is 1. The van der Waals surface area contributed by atoms with Crippen LogP contribution in [-0.2, 0) is 12.8 Å². The van der Waals surface area contributed by atoms with E-state index in [4.69, 9.17) is 9.05 Å². The van der Waals surface area contributed by atoms with Gasteiger partial charge >= 0.3 is 0 Å². The molecule has 2 aromatic heterocycles. The van der Waals surface area contributed by atoms with E-state index in [1.54, 1.807) is 0 Å². The standard InChI is InChI=1S/C19H25N5O2/c1-12(20-5)9-15-21-18(26-23-15)14-8-6-7-13(10-14)17-22-16(25-24-17)11-19(2,3)4/h6-8,10,12,20H,9,11H2,1-5H3. The van der Waals surface area contributed by atoms with Crippen LogP contribution >= 0.6 is 0 Å². The number of hydrogen-bond acceptors (Lipinski definition) is 7. The topological polar surface area (TPSA) is 89.9 Å². The second-order valence-electron chi connectivity index (χ2n) is 7.74. The Morgan fingerprint density at radius 1 is 1.08 bits per heavy atom. The van der Waals surface area contributed by atoms with E-state index in [0.717, 1.165) is 17.5 Å². The average Bonchev–Trinajstić information content (AvgIpc) is 3.23. The second kappa shape index (κ2) is 7.37. The fourth-order valence-electron chi connectivity index (χ4n) is 2.52. The van der Waals surface area contributed by atoms with Gasteiger partial charge in [-0.05, 0) is 31.5 Å². The van der Waals surface area contributed by atoms with Crippen molar-refractivity contribution in [2.75, 3.05) is 7.05 Å². The monoisotopic (exact) mass is 355 g/mol. The summed E-state index contributed by atoms with van der Waals surface area (Å²) in [4.78, 5) is 8.98. The van der Waals surface area contributed by atoms with Gasteiger partial charge in [0, 0.05) is 30.0 Å². The lowest BCUT2D eigenvalue weighted by Crippen LogP contribution is -2.24. The van der Waals surface area contributed by atoms with Crippen LogP contribution < -0.4 is 5.32 Å². The Hall–Kier alpha value is -2.54. The lowest BCUT2D eigenvalue weighted by molar-refractivity contribution is 0.314. The fraction of sp³-hybridized carbons (Fsp3) is 0.474. The van der Waals surface area contributed by atoms with E-state index in [1.165, 1.54) is 0 Å². The molecule has 0 aliphatic rings. The number of nitrogens with one attached hydrogen (secondary N) is 1. The number of likely N-dealkylation sites (N-methyl/N-ethyl adjacent to an activating group) is 1. The lowest BCUT2D eigenvalue weighted by Gasteiger charge is -2.13. The molecule has 1 atom stereocenters. The summed E-state index contributed by atoms with van der Waals surface area (Å²) in [5, 5.41) is 11.3. The predicted molar refractivity (Wildman–Crippen MR) is 98.4 cm³/mol. The van der Waals surface area contributed by atoms with Crippen molar-refractivity contribution in [1.29, 1.82) is 0 Å². The molecule has 26 heavy (non-hydrogen) atoms. The van der Waals surface area contributed by atoms with Crippen molar-refractivity contribution < 1.29 is 9.05 Å². The van der Waals surface area contributed by atoms with Crippen LogP contribution in [0.2, 0.25) is 0 Å². The van der Waals surface area contributed by atoms with E-state index in [-0.39, 0.29) is 11.5 Å². The van der Waals surface area contributed by atoms with Gasteiger partial charge in [-0.3, -0.25) is 0 Å². The van der Waals surface area contributed by atoms with Gasteiger partial charge < -0.3 is 14.4 Å². The normalized spacial score (nSPS) is 13.1. The van der Waals surface area contributed by atoms with Gasteiger partial charge in [-0.25, -0.2) is 0 Å². The molecule has 0 fully saturated rings. The summed E-state index contributed by atoms with van der Waals surface area (Å²) in [6.07, 6.45) is 1.44. The lowest BCUT2D eigenvalue weighted by atomic mass is 9.92. The Morgan fingerprint density at radius 3 is 2.58 bits per heavy atom. The molecule has 0 bridgehead atoms. The van der Waals surface area contributed by atoms with Crippen LogP contribution in [0.25, 0.3) is 22.8 Å². The molecule has 0 aliphatic heterocycles. The molecule has 0 saturated carbocycles. The molecule has 1 N–H and O–H groups in total. The zero-order valence-corrected chi connectivity index (χ0v) is 15.9. The first kappa shape index (κ1) is 18.3. The summed E-state index contributed by atoms with van der Waals surface area (Å²) >= 11 is 0. The van der Waals surface area contributed by atoms with Crippen LogP contribution in [0.5, 0.6) is 0 Å². The van der Waals surface area contributed by atoms with E-state index in [9.17, 15) is 0 Å². The van der Waals surface area contributed by atoms with Crippen molar-refractivity contribution in [1.82, 2.24) is 25.6 Å². The van der Waals surface area contributed by atoms with Crippen molar-refractivity contribution >= 4 is 0 Å². The largest absolute Gasteiger partial charge is 0.339 e. The van der Waals surface area contributed by atoms with Crippen molar-refractivity contribution in [3.8, 4) is 22.8 Å². The predicted octanol–water partition coefficient (Wildman–Crippen LogP) is 3.53. The van der Waals surface area contributed by atoms with Gasteiger partial charge in [0.05, 0.1) is 0 Å². The molecule has 138 valence electrons. The maximum absolute atomic E-state index is 5.40. The summed E-state index contributed by atoms with van der Waals surface area (Å²) in [6, 6.07) is 8.01. The van der Waals surface area contributed by atoms with E-state index in [0.29, 0.717) is 29.9 Å². The molecule has 1 aromatic carbocycles. The molecule has 7 heteroatoms. The Kier molecular flexibility index (Phi) is 5.18. The first-order valence-corrected chi connectivity index (χ1v) is 8.77. The van der Waals surface area contributed by atoms with Crippen molar-refractivity contribution in [2.24, 2.45) is 5.41 Å². The summed E-state index contributed by atoms with van der Waals surface area (Å²) in [5.74, 6) is 2.37. The van der Waals surface area contributed by atoms with Crippen LogP contribution in [0, 0.1) is 5.41 Å². The first-order chi connectivity index (χ1) is 12.3. The molecular weight excluding hydrogens is 330 g/mol. The van der Waals surface area contributed by atoms with Gasteiger partial charge in [0.15, 0.2) is 5.82 Å². The molecule has 3 aromatic rings. The van der Waals surface area contributed by atoms with Crippen molar-refractivity contribution in [3.63, 3.8) is 0 Å². The average molecular weight is 355 g/mol. The van der Waals surface area contributed by atoms with Crippen LogP contribution in [0.15, 0.2) is 33.3 Å². The van der Waals surface area contributed by atoms with E-state index in [1.807, 2.05) is 31.3 Å². The summed E-state index contributed by atoms with van der Waals surface area (Å²) in [6.45, 7) is 8.49. The highest BCUT2D eigenvalue weighted by Crippen LogP contribution is 2.25. The molecule has 0 radical (unpaired) electrons. The maximum atomic E-state index is 5.40. The molecule has 0 amide bonds. The van der Waals surface area contributed by atoms with Crippen LogP contribution in [0.3, 0.4) is 0 Å². The zero-order valence-electron chi connectivity index (χ0n) is 15.9. The summed E-state index contributed by atoms with van der Waals surface area (Å²) in [7, 11) is 1.91. The number of rotatable bonds is 6. The van der Waals surface area contributed by atoms with Gasteiger partial charge in [0.2, 0.25) is 11.7 Å². The van der Waals surface area contributed by atoms with Crippen LogP contribution in [-0.4, -0.2) is 33.4 Å². The van der Waals surface area contributed by atoms with E-state index in [2.05, 4.69) is 53.3 Å². The highest BCUT2D eigenvalue weighted by molar-refractivity contribution is 5.64. The fourth-order valence-corrected chi connectivity index (χ4v) is 2.52. The molecule has 0 saturated heterocycles. The van der Waals surface area contributed by atoms with Gasteiger partial charge in [0.25, 0.3) is 5.89 Å². The minimum atomic E-state index is 0.0935. The summed E-state index contributed by atoms with van der Waals surface area (Å²) in [5.41, 5.74) is 1.78. The van der Waals surface area contributed by atoms with Gasteiger partial charge in [-0.15, -0.1) is 0 Å². The highest BCUT2D eigenvalue weighted by Gasteiger charge is 2.18. The third kappa shape index (κ3) is 4.54. The van der Waals surface area contributed by atoms with Crippen molar-refractivity contribution in [2.45, 2.75) is 46.6 Å². The van der Waals surface area contributed by atoms with Gasteiger partial charge in [-0.2, -0.15) is 9.97 Å². The molecule has 0 spiro atoms. The third-order valence-electron chi connectivity index (χ3n) is 3.97. The Bertz CT molecular complexity index is 863. The van der Waals surface area contributed by atoms with E-state index < -0.39 is 0 Å². The Balaban J connectivity index is 1.81. The van der Waals surface area contributed by atoms with Gasteiger partial charge in [0.1, 0.15) is 0 Å². The maximum Gasteiger partial charge on any atom is 0.257 e. The highest BCUT2D eigenvalue weighted by atomic mass is 16.5. The number of nitrogens with zero attached hydrogens (tertiary/aromatic N) is 4. The molecule has 2 heterocycles.